The first-order valence-corrected chi connectivity index (χ1v) is 12.5. The van der Waals surface area contributed by atoms with Crippen molar-refractivity contribution >= 4 is 27.7 Å². The van der Waals surface area contributed by atoms with Crippen LogP contribution in [0.25, 0.3) is 0 Å². The Labute approximate surface area is 211 Å². The number of amides is 2. The van der Waals surface area contributed by atoms with Crippen LogP contribution in [0.5, 0.6) is 0 Å². The molecule has 34 heavy (non-hydrogen) atoms. The fourth-order valence-corrected chi connectivity index (χ4v) is 4.46. The predicted octanol–water partition coefficient (Wildman–Crippen LogP) is 5.89. The van der Waals surface area contributed by atoms with Gasteiger partial charge in [0.25, 0.3) is 0 Å². The number of halogens is 1. The standard InChI is InChI=1S/C29H33BrN2O2/c1-21(2)25-15-12-22(13-16-25)14-17-28(33)32(20-24-10-7-11-26(30)18-24)27(29(34)31-3)19-23-8-5-4-6-9-23/h4-13,15-16,18,21,27H,14,17,19-20H2,1-3H3,(H,31,34)/t27-/m0/s1. The van der Waals surface area contributed by atoms with Crippen LogP contribution in [0.1, 0.15) is 48.4 Å². The molecule has 2 amide bonds. The number of carbonyl (C=O) groups excluding carboxylic acids is 2. The normalized spacial score (nSPS) is 11.8. The fourth-order valence-electron chi connectivity index (χ4n) is 4.02. The summed E-state index contributed by atoms with van der Waals surface area (Å²) in [6.07, 6.45) is 1.44. The molecule has 3 aromatic carbocycles. The number of nitrogens with zero attached hydrogens (tertiary/aromatic N) is 1. The van der Waals surface area contributed by atoms with E-state index < -0.39 is 6.04 Å². The molecular weight excluding hydrogens is 488 g/mol. The molecule has 0 unspecified atom stereocenters. The summed E-state index contributed by atoms with van der Waals surface area (Å²) in [6, 6.07) is 25.6. The highest BCUT2D eigenvalue weighted by Crippen LogP contribution is 2.20. The Kier molecular flexibility index (Phi) is 9.46. The zero-order valence-electron chi connectivity index (χ0n) is 20.1. The van der Waals surface area contributed by atoms with Crippen LogP contribution in [0.15, 0.2) is 83.3 Å². The first-order valence-electron chi connectivity index (χ1n) is 11.8. The molecule has 0 saturated heterocycles. The first-order chi connectivity index (χ1) is 16.4. The Bertz CT molecular complexity index is 1080. The summed E-state index contributed by atoms with van der Waals surface area (Å²) < 4.78 is 0.946. The lowest BCUT2D eigenvalue weighted by Crippen LogP contribution is -2.49. The van der Waals surface area contributed by atoms with Crippen LogP contribution in [0, 0.1) is 0 Å². The zero-order valence-corrected chi connectivity index (χ0v) is 21.7. The van der Waals surface area contributed by atoms with Gasteiger partial charge in [0, 0.05) is 30.9 Å². The highest BCUT2D eigenvalue weighted by Gasteiger charge is 2.29. The van der Waals surface area contributed by atoms with Crippen LogP contribution >= 0.6 is 15.9 Å². The molecule has 3 aromatic rings. The summed E-state index contributed by atoms with van der Waals surface area (Å²) in [6.45, 7) is 4.71. The van der Waals surface area contributed by atoms with Crippen LogP contribution < -0.4 is 5.32 Å². The molecule has 0 aliphatic heterocycles. The molecule has 4 nitrogen and oxygen atoms in total. The number of hydrogen-bond acceptors (Lipinski definition) is 2. The zero-order chi connectivity index (χ0) is 24.5. The average Bonchev–Trinajstić information content (AvgIpc) is 2.85. The molecule has 0 fully saturated rings. The molecule has 0 aromatic heterocycles. The van der Waals surface area contributed by atoms with Gasteiger partial charge in [-0.05, 0) is 46.7 Å². The van der Waals surface area contributed by atoms with Gasteiger partial charge in [-0.3, -0.25) is 9.59 Å². The van der Waals surface area contributed by atoms with Crippen LogP contribution in [0.3, 0.4) is 0 Å². The Balaban J connectivity index is 1.84. The number of benzene rings is 3. The maximum atomic E-state index is 13.6. The lowest BCUT2D eigenvalue weighted by atomic mass is 9.99. The minimum atomic E-state index is -0.595. The number of carbonyl (C=O) groups is 2. The molecule has 178 valence electrons. The molecule has 0 bridgehead atoms. The topological polar surface area (TPSA) is 49.4 Å². The van der Waals surface area contributed by atoms with Gasteiger partial charge < -0.3 is 10.2 Å². The number of nitrogens with one attached hydrogen (secondary N) is 1. The minimum Gasteiger partial charge on any atom is -0.357 e. The Morgan fingerprint density at radius 2 is 1.56 bits per heavy atom. The second kappa shape index (κ2) is 12.5. The van der Waals surface area contributed by atoms with Gasteiger partial charge in [-0.2, -0.15) is 0 Å². The van der Waals surface area contributed by atoms with E-state index in [0.717, 1.165) is 21.2 Å². The van der Waals surface area contributed by atoms with E-state index in [-0.39, 0.29) is 11.8 Å². The van der Waals surface area contributed by atoms with Gasteiger partial charge in [0.1, 0.15) is 6.04 Å². The molecule has 0 spiro atoms. The van der Waals surface area contributed by atoms with Crippen molar-refractivity contribution in [1.82, 2.24) is 10.2 Å². The maximum absolute atomic E-state index is 13.6. The Morgan fingerprint density at radius 1 is 0.882 bits per heavy atom. The summed E-state index contributed by atoms with van der Waals surface area (Å²) in [5, 5.41) is 2.77. The van der Waals surface area contributed by atoms with Crippen molar-refractivity contribution in [2.24, 2.45) is 0 Å². The number of rotatable bonds is 10. The van der Waals surface area contributed by atoms with Crippen LogP contribution in [0.4, 0.5) is 0 Å². The van der Waals surface area contributed by atoms with Crippen LogP contribution in [-0.2, 0) is 29.0 Å². The van der Waals surface area contributed by atoms with Crippen molar-refractivity contribution in [2.45, 2.75) is 51.6 Å². The Morgan fingerprint density at radius 3 is 2.18 bits per heavy atom. The molecule has 1 N–H and O–H groups in total. The van der Waals surface area contributed by atoms with Crippen LogP contribution in [-0.4, -0.2) is 29.8 Å². The van der Waals surface area contributed by atoms with Gasteiger partial charge in [-0.25, -0.2) is 0 Å². The first kappa shape index (κ1) is 25.7. The van der Waals surface area contributed by atoms with Gasteiger partial charge in [0.05, 0.1) is 0 Å². The van der Waals surface area contributed by atoms with E-state index >= 15 is 0 Å². The average molecular weight is 521 g/mol. The van der Waals surface area contributed by atoms with E-state index in [4.69, 9.17) is 0 Å². The second-order valence-corrected chi connectivity index (χ2v) is 9.78. The lowest BCUT2D eigenvalue weighted by molar-refractivity contribution is -0.141. The van der Waals surface area contributed by atoms with Gasteiger partial charge >= 0.3 is 0 Å². The van der Waals surface area contributed by atoms with E-state index in [1.54, 1.807) is 11.9 Å². The minimum absolute atomic E-state index is 0.0301. The van der Waals surface area contributed by atoms with Crippen molar-refractivity contribution < 1.29 is 9.59 Å². The van der Waals surface area contributed by atoms with Crippen molar-refractivity contribution in [3.8, 4) is 0 Å². The molecule has 0 radical (unpaired) electrons. The van der Waals surface area contributed by atoms with Gasteiger partial charge in [0.15, 0.2) is 0 Å². The van der Waals surface area contributed by atoms with E-state index in [1.165, 1.54) is 5.56 Å². The summed E-state index contributed by atoms with van der Waals surface area (Å²) in [5.74, 6) is 0.286. The van der Waals surface area contributed by atoms with E-state index in [2.05, 4.69) is 59.4 Å². The van der Waals surface area contributed by atoms with Crippen molar-refractivity contribution in [3.05, 3.63) is 106 Å². The SMILES string of the molecule is CNC(=O)[C@H](Cc1ccccc1)N(Cc1cccc(Br)c1)C(=O)CCc1ccc(C(C)C)cc1. The van der Waals surface area contributed by atoms with Crippen molar-refractivity contribution in [1.29, 1.82) is 0 Å². The highest BCUT2D eigenvalue weighted by molar-refractivity contribution is 9.10. The largest absolute Gasteiger partial charge is 0.357 e. The van der Waals surface area contributed by atoms with E-state index in [1.807, 2.05) is 54.6 Å². The number of hydrogen-bond donors (Lipinski definition) is 1. The van der Waals surface area contributed by atoms with E-state index in [0.29, 0.717) is 31.7 Å². The third kappa shape index (κ3) is 7.29. The summed E-state index contributed by atoms with van der Waals surface area (Å²) >= 11 is 3.52. The van der Waals surface area contributed by atoms with Crippen LogP contribution in [0.2, 0.25) is 0 Å². The highest BCUT2D eigenvalue weighted by atomic mass is 79.9. The second-order valence-electron chi connectivity index (χ2n) is 8.87. The van der Waals surface area contributed by atoms with Gasteiger partial charge in [-0.1, -0.05) is 96.5 Å². The van der Waals surface area contributed by atoms with Crippen molar-refractivity contribution in [2.75, 3.05) is 7.05 Å². The molecule has 0 heterocycles. The number of likely N-dealkylation sites (N-methyl/N-ethyl adjacent to an activating group) is 1. The number of aryl methyl sites for hydroxylation is 1. The third-order valence-corrected chi connectivity index (χ3v) is 6.53. The van der Waals surface area contributed by atoms with Gasteiger partial charge in [0.2, 0.25) is 11.8 Å². The molecular formula is C29H33BrN2O2. The molecule has 0 aliphatic carbocycles. The molecule has 0 saturated carbocycles. The molecule has 1 atom stereocenters. The fraction of sp³-hybridized carbons (Fsp3) is 0.310. The molecule has 5 heteroatoms. The Hall–Kier alpha value is -2.92. The quantitative estimate of drug-likeness (QED) is 0.362. The lowest BCUT2D eigenvalue weighted by Gasteiger charge is -2.31. The third-order valence-electron chi connectivity index (χ3n) is 6.03. The van der Waals surface area contributed by atoms with E-state index in [9.17, 15) is 9.59 Å². The maximum Gasteiger partial charge on any atom is 0.242 e. The predicted molar refractivity (Wildman–Crippen MR) is 142 cm³/mol. The molecule has 0 aliphatic rings. The summed E-state index contributed by atoms with van der Waals surface area (Å²) in [4.78, 5) is 28.3. The smallest absolute Gasteiger partial charge is 0.242 e. The van der Waals surface area contributed by atoms with Gasteiger partial charge in [-0.15, -0.1) is 0 Å². The summed E-state index contributed by atoms with van der Waals surface area (Å²) in [5.41, 5.74) is 4.41. The summed E-state index contributed by atoms with van der Waals surface area (Å²) in [7, 11) is 1.62. The monoisotopic (exact) mass is 520 g/mol. The molecule has 3 rings (SSSR count). The van der Waals surface area contributed by atoms with Crippen molar-refractivity contribution in [3.63, 3.8) is 0 Å².